The second-order valence-electron chi connectivity index (χ2n) is 5.38. The van der Waals surface area contributed by atoms with Crippen molar-refractivity contribution < 1.29 is 13.2 Å². The van der Waals surface area contributed by atoms with Crippen molar-refractivity contribution in [2.24, 2.45) is 0 Å². The lowest BCUT2D eigenvalue weighted by molar-refractivity contribution is -0.137. The van der Waals surface area contributed by atoms with E-state index in [1.54, 1.807) is 0 Å². The van der Waals surface area contributed by atoms with E-state index in [0.29, 0.717) is 5.69 Å². The average molecular weight is 313 g/mol. The van der Waals surface area contributed by atoms with E-state index in [2.05, 4.69) is 4.98 Å². The summed E-state index contributed by atoms with van der Waals surface area (Å²) in [6.07, 6.45) is -3.50. The van der Waals surface area contributed by atoms with Gasteiger partial charge in [0.2, 0.25) is 0 Å². The summed E-state index contributed by atoms with van der Waals surface area (Å²) in [7, 11) is 0. The van der Waals surface area contributed by atoms with Crippen molar-refractivity contribution in [2.75, 3.05) is 0 Å². The summed E-state index contributed by atoms with van der Waals surface area (Å²) in [6.45, 7) is 2.02. The molecule has 1 nitrogen and oxygen atoms in total. The van der Waals surface area contributed by atoms with Crippen molar-refractivity contribution in [3.8, 4) is 22.4 Å². The quantitative estimate of drug-likeness (QED) is 0.587. The molecule has 0 amide bonds. The summed E-state index contributed by atoms with van der Waals surface area (Å²) in [5.74, 6) is 0. The fraction of sp³-hybridized carbons (Fsp3) is 0.105. The van der Waals surface area contributed by atoms with E-state index in [0.717, 1.165) is 29.0 Å². The number of benzene rings is 2. The summed E-state index contributed by atoms with van der Waals surface area (Å²) in [5.41, 5.74) is 3.81. The van der Waals surface area contributed by atoms with Crippen LogP contribution in [0.25, 0.3) is 22.4 Å². The Kier molecular flexibility index (Phi) is 3.90. The highest BCUT2D eigenvalue weighted by Gasteiger charge is 2.30. The molecule has 116 valence electrons. The Morgan fingerprint density at radius 1 is 0.783 bits per heavy atom. The van der Waals surface area contributed by atoms with E-state index in [4.69, 9.17) is 0 Å². The summed E-state index contributed by atoms with van der Waals surface area (Å²) >= 11 is 0. The molecule has 1 aromatic heterocycles. The van der Waals surface area contributed by atoms with Gasteiger partial charge in [-0.2, -0.15) is 13.2 Å². The molecule has 0 unspecified atom stereocenters. The molecule has 0 N–H and O–H groups in total. The van der Waals surface area contributed by atoms with Crippen molar-refractivity contribution in [3.05, 3.63) is 78.0 Å². The maximum atomic E-state index is 12.6. The zero-order valence-corrected chi connectivity index (χ0v) is 12.4. The van der Waals surface area contributed by atoms with Gasteiger partial charge in [-0.05, 0) is 36.2 Å². The topological polar surface area (TPSA) is 12.9 Å². The number of halogens is 3. The van der Waals surface area contributed by atoms with Gasteiger partial charge in [0.25, 0.3) is 0 Å². The van der Waals surface area contributed by atoms with Crippen LogP contribution in [0.4, 0.5) is 13.2 Å². The second-order valence-corrected chi connectivity index (χ2v) is 5.38. The molecule has 23 heavy (non-hydrogen) atoms. The van der Waals surface area contributed by atoms with E-state index >= 15 is 0 Å². The Labute approximate surface area is 132 Å². The molecule has 0 saturated carbocycles. The van der Waals surface area contributed by atoms with Crippen molar-refractivity contribution in [1.29, 1.82) is 0 Å². The van der Waals surface area contributed by atoms with Gasteiger partial charge in [-0.15, -0.1) is 0 Å². The molecule has 0 atom stereocenters. The number of hydrogen-bond donors (Lipinski definition) is 0. The van der Waals surface area contributed by atoms with Gasteiger partial charge in [-0.3, -0.25) is 4.98 Å². The first kappa shape index (κ1) is 15.3. The molecular weight excluding hydrogens is 299 g/mol. The molecule has 3 aromatic rings. The van der Waals surface area contributed by atoms with Gasteiger partial charge in [0.1, 0.15) is 0 Å². The minimum Gasteiger partial charge on any atom is -0.256 e. The lowest BCUT2D eigenvalue weighted by Gasteiger charge is -2.08. The molecule has 0 bridgehead atoms. The molecule has 3 rings (SSSR count). The maximum absolute atomic E-state index is 12.6. The van der Waals surface area contributed by atoms with Crippen LogP contribution in [0.15, 0.2) is 66.9 Å². The number of alkyl halides is 3. The molecule has 0 radical (unpaired) electrons. The molecule has 0 aliphatic rings. The van der Waals surface area contributed by atoms with Crippen LogP contribution in [-0.4, -0.2) is 4.98 Å². The molecule has 0 aliphatic carbocycles. The zero-order valence-electron chi connectivity index (χ0n) is 12.4. The van der Waals surface area contributed by atoms with Crippen LogP contribution in [0.5, 0.6) is 0 Å². The van der Waals surface area contributed by atoms with E-state index in [1.807, 2.05) is 55.5 Å². The van der Waals surface area contributed by atoms with Crippen molar-refractivity contribution in [1.82, 2.24) is 4.98 Å². The molecule has 0 fully saturated rings. The molecule has 2 aromatic carbocycles. The van der Waals surface area contributed by atoms with Crippen molar-refractivity contribution >= 4 is 0 Å². The Morgan fingerprint density at radius 2 is 1.48 bits per heavy atom. The number of rotatable bonds is 2. The number of aromatic nitrogens is 1. The highest BCUT2D eigenvalue weighted by molar-refractivity contribution is 5.71. The predicted molar refractivity (Wildman–Crippen MR) is 84.8 cm³/mol. The van der Waals surface area contributed by atoms with Crippen LogP contribution in [0.3, 0.4) is 0 Å². The Morgan fingerprint density at radius 3 is 2.09 bits per heavy atom. The molecule has 0 saturated heterocycles. The Hall–Kier alpha value is -2.62. The normalized spacial score (nSPS) is 11.5. The largest absolute Gasteiger partial charge is 0.417 e. The molecular formula is C19H14F3N. The maximum Gasteiger partial charge on any atom is 0.417 e. The summed E-state index contributed by atoms with van der Waals surface area (Å²) in [6, 6.07) is 18.2. The molecule has 4 heteroatoms. The molecule has 0 aliphatic heterocycles. The zero-order chi connectivity index (χ0) is 16.4. The van der Waals surface area contributed by atoms with Gasteiger partial charge in [0.05, 0.1) is 11.3 Å². The summed E-state index contributed by atoms with van der Waals surface area (Å²) in [5, 5.41) is 0. The lowest BCUT2D eigenvalue weighted by atomic mass is 10.0. The standard InChI is InChI=1S/C19H14F3N/c1-13-5-7-14(8-6-13)15-3-2-4-16(11-15)18-10-9-17(12-23-18)19(20,21)22/h2-12H,1H3. The minimum absolute atomic E-state index is 0.520. The highest BCUT2D eigenvalue weighted by Crippen LogP contribution is 2.30. The van der Waals surface area contributed by atoms with Crippen molar-refractivity contribution in [2.45, 2.75) is 13.1 Å². The number of pyridine rings is 1. The Bertz CT molecular complexity index is 803. The monoisotopic (exact) mass is 313 g/mol. The lowest BCUT2D eigenvalue weighted by Crippen LogP contribution is -2.05. The fourth-order valence-corrected chi connectivity index (χ4v) is 2.34. The van der Waals surface area contributed by atoms with E-state index in [1.165, 1.54) is 11.6 Å². The van der Waals surface area contributed by atoms with Gasteiger partial charge < -0.3 is 0 Å². The SMILES string of the molecule is Cc1ccc(-c2cccc(-c3ccc(C(F)(F)F)cn3)c2)cc1. The minimum atomic E-state index is -4.37. The molecule has 1 heterocycles. The first-order valence-electron chi connectivity index (χ1n) is 7.14. The molecule has 0 spiro atoms. The third kappa shape index (κ3) is 3.42. The second kappa shape index (κ2) is 5.88. The van der Waals surface area contributed by atoms with Crippen molar-refractivity contribution in [3.63, 3.8) is 0 Å². The number of nitrogens with zero attached hydrogens (tertiary/aromatic N) is 1. The van der Waals surface area contributed by atoms with Gasteiger partial charge in [0, 0.05) is 11.8 Å². The van der Waals surface area contributed by atoms with Crippen LogP contribution in [0.2, 0.25) is 0 Å². The van der Waals surface area contributed by atoms with Gasteiger partial charge in [-0.1, -0.05) is 48.0 Å². The van der Waals surface area contributed by atoms with Gasteiger partial charge in [-0.25, -0.2) is 0 Å². The summed E-state index contributed by atoms with van der Waals surface area (Å²) in [4.78, 5) is 3.94. The van der Waals surface area contributed by atoms with Gasteiger partial charge in [0.15, 0.2) is 0 Å². The van der Waals surface area contributed by atoms with Crippen LogP contribution < -0.4 is 0 Å². The van der Waals surface area contributed by atoms with Crippen LogP contribution >= 0.6 is 0 Å². The van der Waals surface area contributed by atoms with Gasteiger partial charge >= 0.3 is 6.18 Å². The third-order valence-corrected chi connectivity index (χ3v) is 3.63. The smallest absolute Gasteiger partial charge is 0.256 e. The third-order valence-electron chi connectivity index (χ3n) is 3.63. The number of aryl methyl sites for hydroxylation is 1. The highest BCUT2D eigenvalue weighted by atomic mass is 19.4. The van der Waals surface area contributed by atoms with E-state index in [9.17, 15) is 13.2 Å². The first-order valence-corrected chi connectivity index (χ1v) is 7.14. The Balaban J connectivity index is 1.95. The van der Waals surface area contributed by atoms with Crippen LogP contribution in [0, 0.1) is 6.92 Å². The van der Waals surface area contributed by atoms with Crippen LogP contribution in [0.1, 0.15) is 11.1 Å². The number of hydrogen-bond acceptors (Lipinski definition) is 1. The van der Waals surface area contributed by atoms with Crippen LogP contribution in [-0.2, 0) is 6.18 Å². The first-order chi connectivity index (χ1) is 10.9. The summed E-state index contributed by atoms with van der Waals surface area (Å²) < 4.78 is 37.8. The van der Waals surface area contributed by atoms with E-state index in [-0.39, 0.29) is 0 Å². The fourth-order valence-electron chi connectivity index (χ4n) is 2.34. The predicted octanol–water partition coefficient (Wildman–Crippen LogP) is 5.74. The average Bonchev–Trinajstić information content (AvgIpc) is 2.55. The van der Waals surface area contributed by atoms with E-state index < -0.39 is 11.7 Å².